The van der Waals surface area contributed by atoms with Gasteiger partial charge in [-0.1, -0.05) is 33.8 Å². The molecule has 2 rings (SSSR count). The Balaban J connectivity index is 2.44. The maximum absolute atomic E-state index is 12.6. The monoisotopic (exact) mass is 306 g/mol. The number of hydrogen-bond donors (Lipinski definition) is 2. The number of β-amino-alcohol motifs (C(OH)–C–C–N with tert-alkyl or cyclic N) is 1. The normalized spacial score (nSPS) is 19.4. The van der Waals surface area contributed by atoms with Crippen LogP contribution in [-0.2, 0) is 4.79 Å². The molecule has 0 bridgehead atoms. The lowest BCUT2D eigenvalue weighted by atomic mass is 9.95. The van der Waals surface area contributed by atoms with E-state index in [0.717, 1.165) is 5.56 Å². The number of fused-ring (bicyclic) bond motifs is 1. The third-order valence-electron chi connectivity index (χ3n) is 4.07. The summed E-state index contributed by atoms with van der Waals surface area (Å²) in [4.78, 5) is 14.2. The van der Waals surface area contributed by atoms with Crippen molar-refractivity contribution in [3.05, 3.63) is 23.8 Å². The van der Waals surface area contributed by atoms with E-state index in [1.165, 1.54) is 0 Å². The van der Waals surface area contributed by atoms with Crippen LogP contribution >= 0.6 is 0 Å². The van der Waals surface area contributed by atoms with Crippen LogP contribution in [0.4, 0.5) is 5.69 Å². The predicted molar refractivity (Wildman–Crippen MR) is 86.9 cm³/mol. The Morgan fingerprint density at radius 1 is 1.32 bits per heavy atom. The number of aliphatic hydroxyl groups is 1. The highest BCUT2D eigenvalue weighted by Gasteiger charge is 2.36. The number of carbonyl (C=O) groups is 1. The van der Waals surface area contributed by atoms with Crippen LogP contribution < -0.4 is 15.4 Å². The number of amides is 1. The molecule has 0 spiro atoms. The van der Waals surface area contributed by atoms with Gasteiger partial charge in [-0.2, -0.15) is 0 Å². The maximum Gasteiger partial charge on any atom is 0.268 e. The molecule has 2 atom stereocenters. The van der Waals surface area contributed by atoms with Crippen molar-refractivity contribution >= 4 is 11.6 Å². The fourth-order valence-electron chi connectivity index (χ4n) is 2.65. The summed E-state index contributed by atoms with van der Waals surface area (Å²) in [7, 11) is 0. The number of rotatable bonds is 5. The van der Waals surface area contributed by atoms with Crippen molar-refractivity contribution in [3.63, 3.8) is 0 Å². The van der Waals surface area contributed by atoms with Gasteiger partial charge in [0, 0.05) is 12.6 Å². The van der Waals surface area contributed by atoms with Crippen molar-refractivity contribution in [1.82, 2.24) is 0 Å². The van der Waals surface area contributed by atoms with Crippen LogP contribution in [0.2, 0.25) is 0 Å². The molecular formula is C17H26N2O3. The molecule has 1 amide bonds. The number of ether oxygens (including phenoxy) is 1. The molecule has 1 heterocycles. The van der Waals surface area contributed by atoms with Gasteiger partial charge in [0.25, 0.3) is 5.91 Å². The number of carbonyl (C=O) groups excluding carboxylic acids is 1. The zero-order valence-electron chi connectivity index (χ0n) is 13.7. The third-order valence-corrected chi connectivity index (χ3v) is 4.07. The van der Waals surface area contributed by atoms with Gasteiger partial charge in [-0.15, -0.1) is 0 Å². The van der Waals surface area contributed by atoms with Crippen molar-refractivity contribution in [2.24, 2.45) is 17.6 Å². The van der Waals surface area contributed by atoms with Crippen LogP contribution in [0.3, 0.4) is 0 Å². The number of aliphatic hydroxyl groups excluding tert-OH is 1. The van der Waals surface area contributed by atoms with Crippen molar-refractivity contribution < 1.29 is 14.6 Å². The highest BCUT2D eigenvalue weighted by molar-refractivity contribution is 6.00. The quantitative estimate of drug-likeness (QED) is 0.873. The topological polar surface area (TPSA) is 75.8 Å². The first-order chi connectivity index (χ1) is 10.4. The van der Waals surface area contributed by atoms with Crippen LogP contribution in [-0.4, -0.2) is 30.3 Å². The first-order valence-electron chi connectivity index (χ1n) is 7.85. The summed E-state index contributed by atoms with van der Waals surface area (Å²) in [5, 5.41) is 9.29. The zero-order valence-corrected chi connectivity index (χ0v) is 13.7. The van der Waals surface area contributed by atoms with Gasteiger partial charge in [0.1, 0.15) is 5.75 Å². The molecule has 5 nitrogen and oxygen atoms in total. The summed E-state index contributed by atoms with van der Waals surface area (Å²) in [6.07, 6.45) is -0.510. The first kappa shape index (κ1) is 16.8. The second-order valence-electron chi connectivity index (χ2n) is 6.49. The molecule has 3 N–H and O–H groups in total. The van der Waals surface area contributed by atoms with E-state index < -0.39 is 6.10 Å². The molecule has 2 unspecified atom stereocenters. The fraction of sp³-hybridized carbons (Fsp3) is 0.588. The van der Waals surface area contributed by atoms with E-state index >= 15 is 0 Å². The van der Waals surface area contributed by atoms with Gasteiger partial charge < -0.3 is 20.5 Å². The maximum atomic E-state index is 12.6. The number of hydrogen-bond acceptors (Lipinski definition) is 4. The van der Waals surface area contributed by atoms with E-state index in [4.69, 9.17) is 10.5 Å². The molecule has 0 saturated heterocycles. The molecule has 1 aliphatic rings. The van der Waals surface area contributed by atoms with E-state index in [1.54, 1.807) is 4.90 Å². The largest absolute Gasteiger partial charge is 0.478 e. The minimum Gasteiger partial charge on any atom is -0.478 e. The van der Waals surface area contributed by atoms with Gasteiger partial charge in [0.2, 0.25) is 0 Å². The minimum absolute atomic E-state index is 0.0689. The molecule has 22 heavy (non-hydrogen) atoms. The number of nitrogens with zero attached hydrogens (tertiary/aromatic N) is 1. The van der Waals surface area contributed by atoms with Gasteiger partial charge >= 0.3 is 0 Å². The number of nitrogens with two attached hydrogens (primary N) is 1. The lowest BCUT2D eigenvalue weighted by Gasteiger charge is -2.36. The Morgan fingerprint density at radius 2 is 2.00 bits per heavy atom. The summed E-state index contributed by atoms with van der Waals surface area (Å²) in [5.41, 5.74) is 7.87. The van der Waals surface area contributed by atoms with E-state index in [1.807, 2.05) is 32.0 Å². The molecule has 1 aromatic carbocycles. The van der Waals surface area contributed by atoms with Crippen molar-refractivity contribution in [3.8, 4) is 5.75 Å². The van der Waals surface area contributed by atoms with E-state index in [2.05, 4.69) is 13.8 Å². The summed E-state index contributed by atoms with van der Waals surface area (Å²) in [6.45, 7) is 8.20. The van der Waals surface area contributed by atoms with Crippen LogP contribution in [0.25, 0.3) is 0 Å². The van der Waals surface area contributed by atoms with Crippen LogP contribution in [0.1, 0.15) is 39.3 Å². The molecule has 0 radical (unpaired) electrons. The second kappa shape index (κ2) is 6.67. The molecule has 5 heteroatoms. The second-order valence-corrected chi connectivity index (χ2v) is 6.49. The highest BCUT2D eigenvalue weighted by atomic mass is 16.5. The highest BCUT2D eigenvalue weighted by Crippen LogP contribution is 2.38. The lowest BCUT2D eigenvalue weighted by Crippen LogP contribution is -2.49. The molecule has 1 aliphatic heterocycles. The molecular weight excluding hydrogens is 280 g/mol. The third kappa shape index (κ3) is 3.10. The molecule has 0 aliphatic carbocycles. The van der Waals surface area contributed by atoms with E-state index in [0.29, 0.717) is 17.4 Å². The van der Waals surface area contributed by atoms with Gasteiger partial charge in [-0.3, -0.25) is 4.79 Å². The van der Waals surface area contributed by atoms with Gasteiger partial charge in [-0.25, -0.2) is 0 Å². The van der Waals surface area contributed by atoms with E-state index in [9.17, 15) is 9.90 Å². The van der Waals surface area contributed by atoms with Crippen LogP contribution in [0.5, 0.6) is 5.75 Å². The fourth-order valence-corrected chi connectivity index (χ4v) is 2.65. The van der Waals surface area contributed by atoms with Gasteiger partial charge in [0.15, 0.2) is 6.10 Å². The summed E-state index contributed by atoms with van der Waals surface area (Å²) >= 11 is 0. The van der Waals surface area contributed by atoms with Gasteiger partial charge in [-0.05, 0) is 29.5 Å². The molecule has 0 aromatic heterocycles. The molecule has 1 aromatic rings. The summed E-state index contributed by atoms with van der Waals surface area (Å²) in [6, 6.07) is 5.64. The Bertz CT molecular complexity index is 543. The Hall–Kier alpha value is -1.59. The van der Waals surface area contributed by atoms with Crippen molar-refractivity contribution in [1.29, 1.82) is 0 Å². The van der Waals surface area contributed by atoms with Crippen LogP contribution in [0, 0.1) is 11.8 Å². The van der Waals surface area contributed by atoms with E-state index in [-0.39, 0.29) is 31.0 Å². The zero-order chi connectivity index (χ0) is 16.4. The first-order valence-corrected chi connectivity index (χ1v) is 7.85. The Labute approximate surface area is 132 Å². The average molecular weight is 306 g/mol. The lowest BCUT2D eigenvalue weighted by molar-refractivity contribution is -0.128. The average Bonchev–Trinajstić information content (AvgIpc) is 2.48. The van der Waals surface area contributed by atoms with Crippen molar-refractivity contribution in [2.75, 3.05) is 18.1 Å². The number of anilines is 1. The Kier molecular flexibility index (Phi) is 5.08. The molecule has 0 fully saturated rings. The standard InChI is InChI=1S/C17H26N2O3/c1-10(2)15(18)12-5-6-14-13(9-12)19(7-8-20)17(21)16(22-14)11(3)4/h5-6,9-11,15-16,20H,7-8,18H2,1-4H3. The Morgan fingerprint density at radius 3 is 2.55 bits per heavy atom. The van der Waals surface area contributed by atoms with Crippen LogP contribution in [0.15, 0.2) is 18.2 Å². The molecule has 122 valence electrons. The summed E-state index contributed by atoms with van der Waals surface area (Å²) < 4.78 is 5.86. The predicted octanol–water partition coefficient (Wildman–Crippen LogP) is 2.08. The van der Waals surface area contributed by atoms with Gasteiger partial charge in [0.05, 0.1) is 12.3 Å². The smallest absolute Gasteiger partial charge is 0.268 e. The minimum atomic E-state index is -0.510. The van der Waals surface area contributed by atoms with Crippen molar-refractivity contribution in [2.45, 2.75) is 39.8 Å². The molecule has 0 saturated carbocycles. The summed E-state index contributed by atoms with van der Waals surface area (Å²) in [5.74, 6) is 0.936. The SMILES string of the molecule is CC(C)C1Oc2ccc(C(N)C(C)C)cc2N(CCO)C1=O. The number of benzene rings is 1.